The van der Waals surface area contributed by atoms with Crippen LogP contribution in [0.15, 0.2) is 54.6 Å². The molecule has 0 N–H and O–H groups in total. The summed E-state index contributed by atoms with van der Waals surface area (Å²) in [6.45, 7) is 4.01. The third-order valence-electron chi connectivity index (χ3n) is 5.49. The fourth-order valence-corrected chi connectivity index (χ4v) is 3.48. The van der Waals surface area contributed by atoms with E-state index in [-0.39, 0.29) is 11.4 Å². The second-order valence-corrected chi connectivity index (χ2v) is 7.39. The number of rotatable bonds is 6. The molecule has 0 amide bonds. The minimum absolute atomic E-state index is 0.0552. The molecule has 0 atom stereocenters. The molecule has 0 unspecified atom stereocenters. The second kappa shape index (κ2) is 7.08. The van der Waals surface area contributed by atoms with Gasteiger partial charge in [0.1, 0.15) is 6.61 Å². The van der Waals surface area contributed by atoms with E-state index in [9.17, 15) is 4.79 Å². The Bertz CT molecular complexity index is 935. The van der Waals surface area contributed by atoms with E-state index in [1.165, 1.54) is 27.1 Å². The van der Waals surface area contributed by atoms with Crippen molar-refractivity contribution in [1.29, 1.82) is 0 Å². The highest BCUT2D eigenvalue weighted by atomic mass is 16.5. The zero-order valence-electron chi connectivity index (χ0n) is 15.2. The molecular weight excluding hydrogens is 324 g/mol. The van der Waals surface area contributed by atoms with Crippen molar-refractivity contribution in [2.24, 2.45) is 5.41 Å². The lowest BCUT2D eigenvalue weighted by atomic mass is 9.84. The molecule has 1 fully saturated rings. The fourth-order valence-electron chi connectivity index (χ4n) is 3.48. The van der Waals surface area contributed by atoms with Gasteiger partial charge in [-0.1, -0.05) is 49.4 Å². The van der Waals surface area contributed by atoms with Crippen LogP contribution in [-0.4, -0.2) is 25.8 Å². The van der Waals surface area contributed by atoms with Crippen LogP contribution >= 0.6 is 0 Å². The maximum atomic E-state index is 12.1. The quantitative estimate of drug-likeness (QED) is 0.470. The first-order valence-corrected chi connectivity index (χ1v) is 9.32. The maximum Gasteiger partial charge on any atom is 0.306 e. The zero-order valence-corrected chi connectivity index (χ0v) is 15.2. The van der Waals surface area contributed by atoms with Gasteiger partial charge in [0.25, 0.3) is 0 Å². The van der Waals surface area contributed by atoms with Gasteiger partial charge >= 0.3 is 5.97 Å². The Labute approximate surface area is 153 Å². The average Bonchev–Trinajstić information content (AvgIpc) is 2.64. The van der Waals surface area contributed by atoms with E-state index < -0.39 is 0 Å². The van der Waals surface area contributed by atoms with Gasteiger partial charge in [0.05, 0.1) is 18.6 Å². The largest absolute Gasteiger partial charge is 0.465 e. The van der Waals surface area contributed by atoms with Gasteiger partial charge < -0.3 is 9.47 Å². The molecule has 1 heterocycles. The Morgan fingerprint density at radius 1 is 1.00 bits per heavy atom. The predicted octanol–water partition coefficient (Wildman–Crippen LogP) is 4.90. The number of ether oxygens (including phenoxy) is 2. The number of aryl methyl sites for hydroxylation is 1. The number of fused-ring (bicyclic) bond motifs is 2. The van der Waals surface area contributed by atoms with Gasteiger partial charge in [0.2, 0.25) is 0 Å². The smallest absolute Gasteiger partial charge is 0.306 e. The number of carbonyl (C=O) groups excluding carboxylic acids is 1. The van der Waals surface area contributed by atoms with Crippen molar-refractivity contribution >= 4 is 27.5 Å². The molecular formula is C23H24O3. The summed E-state index contributed by atoms with van der Waals surface area (Å²) < 4.78 is 10.8. The Morgan fingerprint density at radius 2 is 1.69 bits per heavy atom. The average molecular weight is 348 g/mol. The van der Waals surface area contributed by atoms with Gasteiger partial charge in [0.15, 0.2) is 0 Å². The molecule has 0 saturated carbocycles. The number of esters is 1. The summed E-state index contributed by atoms with van der Waals surface area (Å²) in [6.07, 6.45) is 2.11. The van der Waals surface area contributed by atoms with Crippen LogP contribution in [-0.2, 0) is 20.7 Å². The first-order chi connectivity index (χ1) is 12.7. The molecule has 1 saturated heterocycles. The van der Waals surface area contributed by atoms with Crippen LogP contribution in [0.1, 0.15) is 25.3 Å². The third-order valence-corrected chi connectivity index (χ3v) is 5.49. The van der Waals surface area contributed by atoms with Gasteiger partial charge in [-0.15, -0.1) is 0 Å². The molecule has 3 nitrogen and oxygen atoms in total. The van der Waals surface area contributed by atoms with E-state index >= 15 is 0 Å². The number of hydrogen-bond acceptors (Lipinski definition) is 3. The van der Waals surface area contributed by atoms with Gasteiger partial charge in [0, 0.05) is 6.42 Å². The van der Waals surface area contributed by atoms with E-state index in [0.29, 0.717) is 32.7 Å². The molecule has 3 aromatic carbocycles. The highest BCUT2D eigenvalue weighted by Crippen LogP contribution is 2.31. The van der Waals surface area contributed by atoms with Crippen LogP contribution in [0.3, 0.4) is 0 Å². The van der Waals surface area contributed by atoms with Crippen molar-refractivity contribution in [2.45, 2.75) is 26.2 Å². The summed E-state index contributed by atoms with van der Waals surface area (Å²) in [5.41, 5.74) is 1.22. The molecule has 0 aliphatic carbocycles. The van der Waals surface area contributed by atoms with Crippen molar-refractivity contribution in [3.05, 3.63) is 60.2 Å². The summed E-state index contributed by atoms with van der Waals surface area (Å²) in [5.74, 6) is -0.122. The van der Waals surface area contributed by atoms with E-state index in [4.69, 9.17) is 9.47 Å². The van der Waals surface area contributed by atoms with E-state index in [2.05, 4.69) is 61.5 Å². The summed E-state index contributed by atoms with van der Waals surface area (Å²) in [7, 11) is 0. The monoisotopic (exact) mass is 348 g/mol. The van der Waals surface area contributed by atoms with Crippen LogP contribution in [0.25, 0.3) is 21.5 Å². The highest BCUT2D eigenvalue weighted by molar-refractivity contribution is 5.98. The summed E-state index contributed by atoms with van der Waals surface area (Å²) in [4.78, 5) is 12.1. The lowest BCUT2D eigenvalue weighted by Gasteiger charge is -2.39. The summed E-state index contributed by atoms with van der Waals surface area (Å²) >= 11 is 0. The van der Waals surface area contributed by atoms with Gasteiger partial charge in [-0.3, -0.25) is 4.79 Å². The van der Waals surface area contributed by atoms with Crippen LogP contribution < -0.4 is 0 Å². The molecule has 0 aromatic heterocycles. The van der Waals surface area contributed by atoms with Gasteiger partial charge in [-0.25, -0.2) is 0 Å². The van der Waals surface area contributed by atoms with Crippen molar-refractivity contribution < 1.29 is 14.3 Å². The van der Waals surface area contributed by atoms with Crippen molar-refractivity contribution in [1.82, 2.24) is 0 Å². The molecule has 3 aromatic rings. The second-order valence-electron chi connectivity index (χ2n) is 7.39. The molecule has 0 radical (unpaired) electrons. The van der Waals surface area contributed by atoms with E-state index in [1.807, 2.05) is 0 Å². The Kier molecular flexibility index (Phi) is 4.64. The van der Waals surface area contributed by atoms with Gasteiger partial charge in [-0.05, 0) is 52.1 Å². The topological polar surface area (TPSA) is 35.5 Å². The van der Waals surface area contributed by atoms with E-state index in [0.717, 1.165) is 6.42 Å². The minimum atomic E-state index is -0.122. The maximum absolute atomic E-state index is 12.1. The van der Waals surface area contributed by atoms with Crippen molar-refractivity contribution in [3.63, 3.8) is 0 Å². The summed E-state index contributed by atoms with van der Waals surface area (Å²) in [5, 5.41) is 4.93. The molecule has 134 valence electrons. The molecule has 26 heavy (non-hydrogen) atoms. The number of hydrogen-bond donors (Lipinski definition) is 0. The first kappa shape index (κ1) is 17.0. The summed E-state index contributed by atoms with van der Waals surface area (Å²) in [6, 6.07) is 19.3. The normalized spacial score (nSPS) is 15.7. The van der Waals surface area contributed by atoms with Crippen molar-refractivity contribution in [3.8, 4) is 0 Å². The first-order valence-electron chi connectivity index (χ1n) is 9.32. The molecule has 1 aliphatic heterocycles. The Hall–Kier alpha value is -2.39. The number of carbonyl (C=O) groups is 1. The molecule has 0 bridgehead atoms. The van der Waals surface area contributed by atoms with Crippen LogP contribution in [0.5, 0.6) is 0 Å². The molecule has 1 aliphatic rings. The lowest BCUT2D eigenvalue weighted by molar-refractivity contribution is -0.170. The molecule has 3 heteroatoms. The molecule has 4 rings (SSSR count). The Morgan fingerprint density at radius 3 is 2.35 bits per heavy atom. The fraction of sp³-hybridized carbons (Fsp3) is 0.348. The molecule has 0 spiro atoms. The SMILES string of the molecule is CCC1(COC(=O)CCc2ccc3cc4ccccc4cc3c2)COC1. The zero-order chi connectivity index (χ0) is 18.0. The van der Waals surface area contributed by atoms with Crippen LogP contribution in [0.2, 0.25) is 0 Å². The minimum Gasteiger partial charge on any atom is -0.465 e. The van der Waals surface area contributed by atoms with Gasteiger partial charge in [-0.2, -0.15) is 0 Å². The van der Waals surface area contributed by atoms with Crippen molar-refractivity contribution in [2.75, 3.05) is 19.8 Å². The van der Waals surface area contributed by atoms with Crippen LogP contribution in [0, 0.1) is 5.41 Å². The lowest BCUT2D eigenvalue weighted by Crippen LogP contribution is -2.46. The standard InChI is InChI=1S/C23H24O3/c1-2-23(14-25-15-23)16-26-22(24)10-8-17-7-9-20-12-18-5-3-4-6-19(18)13-21(20)11-17/h3-7,9,11-13H,2,8,10,14-16H2,1H3. The Balaban J connectivity index is 1.40. The highest BCUT2D eigenvalue weighted by Gasteiger charge is 2.38. The van der Waals surface area contributed by atoms with E-state index in [1.54, 1.807) is 0 Å². The number of benzene rings is 3. The predicted molar refractivity (Wildman–Crippen MR) is 104 cm³/mol. The third kappa shape index (κ3) is 3.45. The van der Waals surface area contributed by atoms with Crippen LogP contribution in [0.4, 0.5) is 0 Å².